The summed E-state index contributed by atoms with van der Waals surface area (Å²) in [5.41, 5.74) is -0.124. The van der Waals surface area contributed by atoms with E-state index >= 15 is 0 Å². The fourth-order valence-corrected chi connectivity index (χ4v) is 5.39. The van der Waals surface area contributed by atoms with E-state index in [1.807, 2.05) is 12.2 Å². The largest absolute Gasteiger partial charge is 0.292 e. The zero-order chi connectivity index (χ0) is 24.1. The van der Waals surface area contributed by atoms with Crippen LogP contribution in [0.2, 0.25) is 0 Å². The zero-order valence-electron chi connectivity index (χ0n) is 17.7. The number of rotatable bonds is 6. The standard InChI is InChI=1S/C24H18BrN3O6/c25-17-8-6-13(7-9-17)19(29)12-26(22(30)16-2-1-3-18(11-16)28(33)34)27-23(31)20-14-4-5-15(10-14)21(20)24(27)32/h1-9,11,14-15,20-21H,10,12H2/t14-,15-,20-,21+/m0/s1. The lowest BCUT2D eigenvalue weighted by Crippen LogP contribution is -2.52. The molecule has 2 fully saturated rings. The molecule has 1 heterocycles. The lowest BCUT2D eigenvalue weighted by atomic mass is 9.85. The van der Waals surface area contributed by atoms with E-state index in [0.29, 0.717) is 5.56 Å². The number of non-ortho nitro benzene ring substituents is 1. The summed E-state index contributed by atoms with van der Waals surface area (Å²) in [6.07, 6.45) is 4.58. The predicted octanol–water partition coefficient (Wildman–Crippen LogP) is 3.40. The van der Waals surface area contributed by atoms with Crippen molar-refractivity contribution < 1.29 is 24.1 Å². The Balaban J connectivity index is 1.51. The lowest BCUT2D eigenvalue weighted by Gasteiger charge is -2.30. The van der Waals surface area contributed by atoms with Crippen molar-refractivity contribution in [3.05, 3.63) is 86.4 Å². The number of amides is 3. The fourth-order valence-electron chi connectivity index (χ4n) is 5.12. The number of benzene rings is 2. The van der Waals surface area contributed by atoms with Crippen LogP contribution in [0.3, 0.4) is 0 Å². The monoisotopic (exact) mass is 523 g/mol. The highest BCUT2D eigenvalue weighted by atomic mass is 79.9. The smallest absolute Gasteiger partial charge is 0.273 e. The molecule has 34 heavy (non-hydrogen) atoms. The normalized spacial score (nSPS) is 24.4. The van der Waals surface area contributed by atoms with Gasteiger partial charge in [0.1, 0.15) is 6.54 Å². The van der Waals surface area contributed by atoms with E-state index in [1.54, 1.807) is 24.3 Å². The summed E-state index contributed by atoms with van der Waals surface area (Å²) in [6.45, 7) is -0.567. The van der Waals surface area contributed by atoms with Crippen molar-refractivity contribution in [2.24, 2.45) is 23.7 Å². The first-order valence-electron chi connectivity index (χ1n) is 10.7. The molecule has 1 aliphatic heterocycles. The molecule has 5 rings (SSSR count). The highest BCUT2D eigenvalue weighted by Gasteiger charge is 2.61. The average Bonchev–Trinajstić information content (AvgIpc) is 3.51. The van der Waals surface area contributed by atoms with E-state index in [2.05, 4.69) is 15.9 Å². The number of hydrazine groups is 1. The second-order valence-electron chi connectivity index (χ2n) is 8.59. The van der Waals surface area contributed by atoms with Gasteiger partial charge < -0.3 is 0 Å². The van der Waals surface area contributed by atoms with Gasteiger partial charge in [-0.2, -0.15) is 5.01 Å². The minimum absolute atomic E-state index is 0.0756. The molecule has 0 aromatic heterocycles. The summed E-state index contributed by atoms with van der Waals surface area (Å²) in [5.74, 6) is -3.64. The third kappa shape index (κ3) is 3.54. The molecule has 172 valence electrons. The average molecular weight is 524 g/mol. The number of hydrogen-bond donors (Lipinski definition) is 0. The SMILES string of the molecule is O=C(CN(C(=O)c1cccc([N+](=O)[O-])c1)N1C(=O)[C@@H]2[C@H](C1=O)[C@H]1C=C[C@H]2C1)c1ccc(Br)cc1. The number of nitrogens with zero attached hydrogens (tertiary/aromatic N) is 3. The summed E-state index contributed by atoms with van der Waals surface area (Å²) >= 11 is 3.30. The molecule has 0 radical (unpaired) electrons. The van der Waals surface area contributed by atoms with Crippen molar-refractivity contribution in [1.82, 2.24) is 10.0 Å². The Hall–Kier alpha value is -3.66. The van der Waals surface area contributed by atoms with E-state index in [1.165, 1.54) is 18.2 Å². The van der Waals surface area contributed by atoms with Gasteiger partial charge in [0.2, 0.25) is 0 Å². The maximum atomic E-state index is 13.5. The number of nitro benzene ring substituents is 1. The number of allylic oxidation sites excluding steroid dienone is 2. The fraction of sp³-hybridized carbons (Fsp3) is 0.250. The van der Waals surface area contributed by atoms with E-state index in [4.69, 9.17) is 0 Å². The van der Waals surface area contributed by atoms with Crippen LogP contribution < -0.4 is 0 Å². The van der Waals surface area contributed by atoms with Crippen LogP contribution in [-0.4, -0.2) is 45.0 Å². The number of carbonyl (C=O) groups is 4. The van der Waals surface area contributed by atoms with Crippen molar-refractivity contribution in [3.8, 4) is 0 Å². The van der Waals surface area contributed by atoms with Gasteiger partial charge in [0, 0.05) is 27.7 Å². The molecule has 0 spiro atoms. The van der Waals surface area contributed by atoms with Crippen LogP contribution in [0.1, 0.15) is 27.1 Å². The molecule has 1 saturated carbocycles. The molecule has 10 heteroatoms. The molecule has 2 aliphatic carbocycles. The van der Waals surface area contributed by atoms with Crippen molar-refractivity contribution in [1.29, 1.82) is 0 Å². The molecule has 0 N–H and O–H groups in total. The molecule has 0 unspecified atom stereocenters. The highest BCUT2D eigenvalue weighted by molar-refractivity contribution is 9.10. The number of halogens is 1. The Bertz CT molecular complexity index is 1240. The number of carbonyl (C=O) groups excluding carboxylic acids is 4. The molecule has 3 aliphatic rings. The third-order valence-corrected chi connectivity index (χ3v) is 7.22. The van der Waals surface area contributed by atoms with Gasteiger partial charge in [0.15, 0.2) is 5.78 Å². The van der Waals surface area contributed by atoms with Gasteiger partial charge in [-0.1, -0.05) is 46.3 Å². The Morgan fingerprint density at radius 2 is 1.62 bits per heavy atom. The first-order valence-corrected chi connectivity index (χ1v) is 11.5. The van der Waals surface area contributed by atoms with Crippen LogP contribution in [0, 0.1) is 33.8 Å². The molecule has 1 saturated heterocycles. The van der Waals surface area contributed by atoms with Crippen LogP contribution >= 0.6 is 15.9 Å². The Labute approximate surface area is 202 Å². The summed E-state index contributed by atoms with van der Waals surface area (Å²) < 4.78 is 0.759. The Morgan fingerprint density at radius 1 is 1.00 bits per heavy atom. The van der Waals surface area contributed by atoms with Gasteiger partial charge >= 0.3 is 0 Å². The van der Waals surface area contributed by atoms with E-state index < -0.39 is 46.8 Å². The molecular formula is C24H18BrN3O6. The molecule has 3 amide bonds. The topological polar surface area (TPSA) is 118 Å². The number of Topliss-reactive ketones (excluding diaryl/α,β-unsaturated/α-hetero) is 1. The quantitative estimate of drug-likeness (QED) is 0.188. The van der Waals surface area contributed by atoms with Gasteiger partial charge in [-0.05, 0) is 36.5 Å². The third-order valence-electron chi connectivity index (χ3n) is 6.69. The van der Waals surface area contributed by atoms with Gasteiger partial charge in [-0.15, -0.1) is 0 Å². The van der Waals surface area contributed by atoms with Gasteiger partial charge in [-0.25, -0.2) is 5.01 Å². The first kappa shape index (κ1) is 22.1. The molecule has 4 atom stereocenters. The van der Waals surface area contributed by atoms with Crippen LogP contribution in [0.25, 0.3) is 0 Å². The second-order valence-corrected chi connectivity index (χ2v) is 9.50. The Morgan fingerprint density at radius 3 is 2.21 bits per heavy atom. The van der Waals surface area contributed by atoms with Gasteiger partial charge in [0.05, 0.1) is 16.8 Å². The molecule has 2 aromatic carbocycles. The summed E-state index contributed by atoms with van der Waals surface area (Å²) in [6, 6.07) is 11.4. The van der Waals surface area contributed by atoms with Crippen LogP contribution in [-0.2, 0) is 9.59 Å². The summed E-state index contributed by atoms with van der Waals surface area (Å²) in [7, 11) is 0. The highest BCUT2D eigenvalue weighted by Crippen LogP contribution is 2.52. The summed E-state index contributed by atoms with van der Waals surface area (Å²) in [4.78, 5) is 63.8. The minimum atomic E-state index is -0.837. The maximum absolute atomic E-state index is 13.5. The number of ketones is 1. The van der Waals surface area contributed by atoms with Crippen LogP contribution in [0.15, 0.2) is 65.2 Å². The van der Waals surface area contributed by atoms with Crippen molar-refractivity contribution in [2.75, 3.05) is 6.54 Å². The van der Waals surface area contributed by atoms with E-state index in [0.717, 1.165) is 27.0 Å². The van der Waals surface area contributed by atoms with Crippen LogP contribution in [0.5, 0.6) is 0 Å². The van der Waals surface area contributed by atoms with Gasteiger partial charge in [-0.3, -0.25) is 29.3 Å². The molecule has 2 aromatic rings. The second kappa shape index (κ2) is 8.28. The van der Waals surface area contributed by atoms with Crippen molar-refractivity contribution >= 4 is 45.1 Å². The number of hydrogen-bond acceptors (Lipinski definition) is 6. The number of fused-ring (bicyclic) bond motifs is 5. The summed E-state index contributed by atoms with van der Waals surface area (Å²) in [5, 5.41) is 12.8. The van der Waals surface area contributed by atoms with Gasteiger partial charge in [0.25, 0.3) is 23.4 Å². The Kier molecular flexibility index (Phi) is 5.40. The molecule has 2 bridgehead atoms. The molecular weight excluding hydrogens is 506 g/mol. The van der Waals surface area contributed by atoms with Crippen LogP contribution in [0.4, 0.5) is 5.69 Å². The predicted molar refractivity (Wildman–Crippen MR) is 122 cm³/mol. The van der Waals surface area contributed by atoms with E-state index in [-0.39, 0.29) is 23.1 Å². The first-order chi connectivity index (χ1) is 16.3. The number of imide groups is 1. The van der Waals surface area contributed by atoms with Crippen molar-refractivity contribution in [3.63, 3.8) is 0 Å². The van der Waals surface area contributed by atoms with E-state index in [9.17, 15) is 29.3 Å². The maximum Gasteiger partial charge on any atom is 0.273 e. The number of nitro groups is 1. The zero-order valence-corrected chi connectivity index (χ0v) is 19.3. The molecule has 9 nitrogen and oxygen atoms in total. The minimum Gasteiger partial charge on any atom is -0.292 e. The lowest BCUT2D eigenvalue weighted by molar-refractivity contribution is -0.384. The van der Waals surface area contributed by atoms with Crippen molar-refractivity contribution in [2.45, 2.75) is 6.42 Å².